The second-order valence-electron chi connectivity index (χ2n) is 9.33. The van der Waals surface area contributed by atoms with Crippen LogP contribution in [0.3, 0.4) is 0 Å². The summed E-state index contributed by atoms with van der Waals surface area (Å²) in [5, 5.41) is 8.06. The van der Waals surface area contributed by atoms with Gasteiger partial charge in [-0.1, -0.05) is 30.3 Å². The molecule has 1 aliphatic rings. The minimum Gasteiger partial charge on any atom is -0.460 e. The number of nitrogens with one attached hydrogen (secondary N) is 1. The third-order valence-corrected chi connectivity index (χ3v) is 4.16. The van der Waals surface area contributed by atoms with Gasteiger partial charge in [-0.25, -0.2) is 4.79 Å². The molecule has 0 aromatic heterocycles. The van der Waals surface area contributed by atoms with Crippen molar-refractivity contribution < 1.29 is 23.8 Å². The standard InChI is InChI=1S/C22H33N3O5/c1-21(2,3)29-19(23)24-12-17(13-24)25(20(27)30-22(4,5)6)14-18(26)28-15-16-10-8-7-9-11-16/h7-11,17,23H,12-15H2,1-6H3. The molecule has 0 unspecified atom stereocenters. The van der Waals surface area contributed by atoms with Crippen molar-refractivity contribution in [3.8, 4) is 0 Å². The molecule has 0 atom stereocenters. The molecule has 1 aromatic rings. The van der Waals surface area contributed by atoms with Gasteiger partial charge in [0.1, 0.15) is 24.4 Å². The van der Waals surface area contributed by atoms with Gasteiger partial charge in [0.15, 0.2) is 0 Å². The molecular formula is C22H33N3O5. The average molecular weight is 420 g/mol. The summed E-state index contributed by atoms with van der Waals surface area (Å²) >= 11 is 0. The molecular weight excluding hydrogens is 386 g/mol. The van der Waals surface area contributed by atoms with Crippen molar-refractivity contribution in [3.05, 3.63) is 35.9 Å². The van der Waals surface area contributed by atoms with Crippen LogP contribution in [0.15, 0.2) is 30.3 Å². The lowest BCUT2D eigenvalue weighted by Gasteiger charge is -2.46. The van der Waals surface area contributed by atoms with Crippen LogP contribution in [0.4, 0.5) is 4.79 Å². The Kier molecular flexibility index (Phi) is 7.34. The fraction of sp³-hybridized carbons (Fsp3) is 0.591. The molecule has 0 spiro atoms. The number of ether oxygens (including phenoxy) is 3. The number of benzene rings is 1. The molecule has 0 saturated carbocycles. The summed E-state index contributed by atoms with van der Waals surface area (Å²) in [6.45, 7) is 11.6. The Labute approximate surface area is 178 Å². The smallest absolute Gasteiger partial charge is 0.411 e. The maximum Gasteiger partial charge on any atom is 0.411 e. The number of rotatable bonds is 5. The highest BCUT2D eigenvalue weighted by Crippen LogP contribution is 2.21. The van der Waals surface area contributed by atoms with Gasteiger partial charge >= 0.3 is 12.1 Å². The molecule has 1 aliphatic heterocycles. The largest absolute Gasteiger partial charge is 0.460 e. The molecule has 8 nitrogen and oxygen atoms in total. The van der Waals surface area contributed by atoms with Crippen molar-refractivity contribution in [2.45, 2.75) is 65.4 Å². The van der Waals surface area contributed by atoms with E-state index < -0.39 is 23.3 Å². The molecule has 30 heavy (non-hydrogen) atoms. The van der Waals surface area contributed by atoms with Crippen molar-refractivity contribution in [1.82, 2.24) is 9.80 Å². The van der Waals surface area contributed by atoms with E-state index in [1.165, 1.54) is 4.90 Å². The number of likely N-dealkylation sites (tertiary alicyclic amines) is 1. The Morgan fingerprint density at radius 2 is 1.60 bits per heavy atom. The van der Waals surface area contributed by atoms with Crippen LogP contribution < -0.4 is 0 Å². The molecule has 1 heterocycles. The van der Waals surface area contributed by atoms with Gasteiger partial charge in [0, 0.05) is 13.1 Å². The maximum atomic E-state index is 12.7. The van der Waals surface area contributed by atoms with Crippen LogP contribution in [0.5, 0.6) is 0 Å². The predicted octanol–water partition coefficient (Wildman–Crippen LogP) is 3.40. The monoisotopic (exact) mass is 419 g/mol. The Morgan fingerprint density at radius 1 is 1.03 bits per heavy atom. The number of amides is 1. The number of hydrogen-bond donors (Lipinski definition) is 1. The van der Waals surface area contributed by atoms with Gasteiger partial charge in [-0.15, -0.1) is 0 Å². The summed E-state index contributed by atoms with van der Waals surface area (Å²) in [7, 11) is 0. The van der Waals surface area contributed by atoms with Crippen LogP contribution >= 0.6 is 0 Å². The van der Waals surface area contributed by atoms with Crippen LogP contribution in [-0.2, 0) is 25.6 Å². The molecule has 1 N–H and O–H groups in total. The highest BCUT2D eigenvalue weighted by Gasteiger charge is 2.40. The summed E-state index contributed by atoms with van der Waals surface area (Å²) in [6.07, 6.45) is -0.577. The highest BCUT2D eigenvalue weighted by atomic mass is 16.6. The summed E-state index contributed by atoms with van der Waals surface area (Å²) in [5.74, 6) is -0.510. The molecule has 2 rings (SSSR count). The fourth-order valence-corrected chi connectivity index (χ4v) is 2.76. The van der Waals surface area contributed by atoms with Gasteiger partial charge in [-0.3, -0.25) is 15.1 Å². The highest BCUT2D eigenvalue weighted by molar-refractivity contribution is 5.79. The average Bonchev–Trinajstić information content (AvgIpc) is 2.55. The van der Waals surface area contributed by atoms with Crippen LogP contribution in [0, 0.1) is 5.41 Å². The lowest BCUT2D eigenvalue weighted by atomic mass is 10.1. The van der Waals surface area contributed by atoms with Gasteiger partial charge < -0.3 is 19.1 Å². The molecule has 1 aromatic carbocycles. The van der Waals surface area contributed by atoms with Gasteiger partial charge in [0.2, 0.25) is 0 Å². The van der Waals surface area contributed by atoms with E-state index in [2.05, 4.69) is 0 Å². The molecule has 0 aliphatic carbocycles. The van der Waals surface area contributed by atoms with E-state index in [9.17, 15) is 9.59 Å². The van der Waals surface area contributed by atoms with Gasteiger partial charge in [-0.2, -0.15) is 0 Å². The number of esters is 1. The van der Waals surface area contributed by atoms with Crippen LogP contribution in [-0.4, -0.2) is 64.8 Å². The molecule has 0 radical (unpaired) electrons. The predicted molar refractivity (Wildman–Crippen MR) is 113 cm³/mol. The zero-order chi connectivity index (χ0) is 22.5. The lowest BCUT2D eigenvalue weighted by Crippen LogP contribution is -2.64. The SMILES string of the molecule is CC(C)(C)OC(=N)N1CC(N(CC(=O)OCc2ccccc2)C(=O)OC(C)(C)C)C1. The number of hydrogen-bond acceptors (Lipinski definition) is 6. The van der Waals surface area contributed by atoms with E-state index in [0.29, 0.717) is 13.1 Å². The first kappa shape index (κ1) is 23.5. The van der Waals surface area contributed by atoms with Crippen molar-refractivity contribution in [2.75, 3.05) is 19.6 Å². The van der Waals surface area contributed by atoms with E-state index in [1.54, 1.807) is 25.7 Å². The van der Waals surface area contributed by atoms with Gasteiger partial charge in [0.05, 0.1) is 6.04 Å². The van der Waals surface area contributed by atoms with Crippen molar-refractivity contribution >= 4 is 18.1 Å². The molecule has 0 bridgehead atoms. The van der Waals surface area contributed by atoms with Crippen LogP contribution in [0.25, 0.3) is 0 Å². The van der Waals surface area contributed by atoms with Gasteiger partial charge in [-0.05, 0) is 47.1 Å². The summed E-state index contributed by atoms with van der Waals surface area (Å²) in [5.41, 5.74) is -0.291. The zero-order valence-corrected chi connectivity index (χ0v) is 18.7. The normalized spacial score (nSPS) is 14.5. The Bertz CT molecular complexity index is 746. The number of amidine groups is 1. The van der Waals surface area contributed by atoms with Gasteiger partial charge in [0.25, 0.3) is 6.02 Å². The molecule has 1 fully saturated rings. The van der Waals surface area contributed by atoms with Crippen molar-refractivity contribution in [3.63, 3.8) is 0 Å². The minimum atomic E-state index is -0.686. The van der Waals surface area contributed by atoms with E-state index in [1.807, 2.05) is 51.1 Å². The third kappa shape index (κ3) is 7.57. The Morgan fingerprint density at radius 3 is 2.13 bits per heavy atom. The Balaban J connectivity index is 1.97. The van der Waals surface area contributed by atoms with Crippen LogP contribution in [0.1, 0.15) is 47.1 Å². The van der Waals surface area contributed by atoms with Crippen molar-refractivity contribution in [2.24, 2.45) is 0 Å². The molecule has 1 saturated heterocycles. The maximum absolute atomic E-state index is 12.7. The number of carbonyl (C=O) groups is 2. The first-order chi connectivity index (χ1) is 13.8. The lowest BCUT2D eigenvalue weighted by molar-refractivity contribution is -0.147. The van der Waals surface area contributed by atoms with E-state index in [4.69, 9.17) is 19.6 Å². The molecule has 8 heteroatoms. The van der Waals surface area contributed by atoms with E-state index in [-0.39, 0.29) is 25.2 Å². The Hall–Kier alpha value is -2.77. The first-order valence-electron chi connectivity index (χ1n) is 10.1. The quantitative estimate of drug-likeness (QED) is 0.447. The third-order valence-electron chi connectivity index (χ3n) is 4.16. The molecule has 1 amide bonds. The second-order valence-corrected chi connectivity index (χ2v) is 9.33. The number of nitrogens with zero attached hydrogens (tertiary/aromatic N) is 2. The first-order valence-corrected chi connectivity index (χ1v) is 10.1. The zero-order valence-electron chi connectivity index (χ0n) is 18.7. The molecule has 166 valence electrons. The summed E-state index contributed by atoms with van der Waals surface area (Å²) < 4.78 is 16.4. The van der Waals surface area contributed by atoms with Crippen molar-refractivity contribution in [1.29, 1.82) is 5.41 Å². The summed E-state index contributed by atoms with van der Waals surface area (Å²) in [6, 6.07) is 9.13. The van der Waals surface area contributed by atoms with E-state index in [0.717, 1.165) is 5.56 Å². The second kappa shape index (κ2) is 9.36. The van der Waals surface area contributed by atoms with E-state index >= 15 is 0 Å². The summed E-state index contributed by atoms with van der Waals surface area (Å²) in [4.78, 5) is 28.2. The fourth-order valence-electron chi connectivity index (χ4n) is 2.76. The minimum absolute atomic E-state index is 0.0505. The topological polar surface area (TPSA) is 92.2 Å². The number of carbonyl (C=O) groups excluding carboxylic acids is 2. The van der Waals surface area contributed by atoms with Crippen LogP contribution in [0.2, 0.25) is 0 Å².